The van der Waals surface area contributed by atoms with Crippen LogP contribution in [-0.2, 0) is 46.2 Å². The van der Waals surface area contributed by atoms with E-state index in [0.29, 0.717) is 54.9 Å². The van der Waals surface area contributed by atoms with E-state index in [1.807, 2.05) is 24.3 Å². The van der Waals surface area contributed by atoms with E-state index in [1.54, 1.807) is 47.4 Å². The van der Waals surface area contributed by atoms with Crippen molar-refractivity contribution in [3.05, 3.63) is 113 Å². The van der Waals surface area contributed by atoms with Crippen LogP contribution in [0.2, 0.25) is 0 Å². The van der Waals surface area contributed by atoms with Gasteiger partial charge in [-0.3, -0.25) is 43.8 Å². The van der Waals surface area contributed by atoms with Crippen molar-refractivity contribution in [2.75, 3.05) is 58.5 Å². The molecule has 4 aliphatic rings. The molecule has 1 unspecified atom stereocenters. The number of pyridine rings is 1. The summed E-state index contributed by atoms with van der Waals surface area (Å²) in [5.74, 6) is -4.52. The average Bonchev–Trinajstić information content (AvgIpc) is 3.83. The minimum absolute atomic E-state index is 0.0308. The maximum Gasteiger partial charge on any atom is 0.332 e. The van der Waals surface area contributed by atoms with Gasteiger partial charge in [0.1, 0.15) is 18.2 Å². The molecule has 2 fully saturated rings. The molecule has 8 rings (SSSR count). The molecule has 7 amide bonds. The number of rotatable bonds is 16. The number of likely N-dealkylation sites (tertiary alicyclic amines) is 1. The van der Waals surface area contributed by atoms with Crippen molar-refractivity contribution in [1.29, 1.82) is 0 Å². The lowest BCUT2D eigenvalue weighted by molar-refractivity contribution is -0.148. The lowest BCUT2D eigenvalue weighted by Crippen LogP contribution is -2.56. The highest BCUT2D eigenvalue weighted by Crippen LogP contribution is 2.35. The average molecular weight is 916 g/mol. The van der Waals surface area contributed by atoms with Gasteiger partial charge in [0.15, 0.2) is 11.4 Å². The van der Waals surface area contributed by atoms with Crippen LogP contribution in [-0.4, -0.2) is 138 Å². The Kier molecular flexibility index (Phi) is 13.7. The zero-order valence-corrected chi connectivity index (χ0v) is 36.6. The maximum absolute atomic E-state index is 13.5. The van der Waals surface area contributed by atoms with Gasteiger partial charge in [0.2, 0.25) is 17.7 Å². The first-order valence-electron chi connectivity index (χ1n) is 22.0. The largest absolute Gasteiger partial charge is 0.505 e. The van der Waals surface area contributed by atoms with E-state index in [1.165, 1.54) is 19.4 Å². The Balaban J connectivity index is 0.734. The summed E-state index contributed by atoms with van der Waals surface area (Å²) >= 11 is 0. The number of ether oxygens (including phenoxy) is 3. The Labute approximate surface area is 384 Å². The molecule has 0 radical (unpaired) electrons. The summed E-state index contributed by atoms with van der Waals surface area (Å²) in [5, 5.41) is 22.3. The third-order valence-electron chi connectivity index (χ3n) is 12.4. The van der Waals surface area contributed by atoms with E-state index < -0.39 is 47.1 Å². The fourth-order valence-corrected chi connectivity index (χ4v) is 8.96. The van der Waals surface area contributed by atoms with Gasteiger partial charge in [0.05, 0.1) is 38.1 Å². The molecule has 4 aromatic rings. The first-order valence-corrected chi connectivity index (χ1v) is 22.0. The second-order valence-corrected chi connectivity index (χ2v) is 16.7. The maximum atomic E-state index is 13.5. The number of benzene rings is 3. The van der Waals surface area contributed by atoms with Gasteiger partial charge in [-0.25, -0.2) is 9.78 Å². The van der Waals surface area contributed by atoms with Crippen molar-refractivity contribution in [2.24, 2.45) is 0 Å². The summed E-state index contributed by atoms with van der Waals surface area (Å²) in [5.41, 5.74) is 2.19. The van der Waals surface area contributed by atoms with E-state index in [4.69, 9.17) is 14.2 Å². The number of hydrogen-bond donors (Lipinski definition) is 5. The van der Waals surface area contributed by atoms with Crippen molar-refractivity contribution < 1.29 is 57.7 Å². The van der Waals surface area contributed by atoms with Gasteiger partial charge < -0.3 is 40.2 Å². The van der Waals surface area contributed by atoms with E-state index >= 15 is 0 Å². The Morgan fingerprint density at radius 2 is 1.54 bits per heavy atom. The number of carbonyl (C=O) groups is 8. The monoisotopic (exact) mass is 915 g/mol. The Hall–Kier alpha value is -7.51. The van der Waals surface area contributed by atoms with Gasteiger partial charge in [-0.05, 0) is 66.3 Å². The van der Waals surface area contributed by atoms with Crippen LogP contribution in [0.25, 0.3) is 11.1 Å². The predicted molar refractivity (Wildman–Crippen MR) is 238 cm³/mol. The van der Waals surface area contributed by atoms with Gasteiger partial charge in [-0.1, -0.05) is 42.5 Å². The second kappa shape index (κ2) is 19.9. The van der Waals surface area contributed by atoms with Crippen LogP contribution in [0.4, 0.5) is 5.69 Å². The molecule has 19 nitrogen and oxygen atoms in total. The van der Waals surface area contributed by atoms with E-state index in [-0.39, 0.29) is 92.5 Å². The van der Waals surface area contributed by atoms with Crippen molar-refractivity contribution >= 4 is 53.0 Å². The Morgan fingerprint density at radius 1 is 0.821 bits per heavy atom. The second-order valence-electron chi connectivity index (χ2n) is 16.7. The van der Waals surface area contributed by atoms with Crippen LogP contribution in [0, 0.1) is 0 Å². The highest BCUT2D eigenvalue weighted by Gasteiger charge is 2.47. The van der Waals surface area contributed by atoms with Gasteiger partial charge in [-0.15, -0.1) is 0 Å². The fourth-order valence-electron chi connectivity index (χ4n) is 8.96. The minimum atomic E-state index is -1.35. The number of nitrogens with zero attached hydrogens (tertiary/aromatic N) is 3. The summed E-state index contributed by atoms with van der Waals surface area (Å²) in [6, 6.07) is 19.2. The number of anilines is 1. The summed E-state index contributed by atoms with van der Waals surface area (Å²) in [6.45, 7) is 1.62. The first-order chi connectivity index (χ1) is 32.4. The predicted octanol–water partition coefficient (Wildman–Crippen LogP) is 2.16. The van der Waals surface area contributed by atoms with Crippen molar-refractivity contribution in [1.82, 2.24) is 30.7 Å². The number of carbonyl (C=O) groups excluding carboxylic acids is 8. The van der Waals surface area contributed by atoms with Crippen molar-refractivity contribution in [3.8, 4) is 16.9 Å². The molecule has 5 N–H and O–H groups in total. The van der Waals surface area contributed by atoms with E-state index in [2.05, 4.69) is 26.3 Å². The highest BCUT2D eigenvalue weighted by molar-refractivity contribution is 6.25. The molecule has 3 aromatic carbocycles. The zero-order chi connectivity index (χ0) is 47.2. The molecule has 0 bridgehead atoms. The number of aromatic hydroxyl groups is 1. The molecule has 3 aliphatic heterocycles. The van der Waals surface area contributed by atoms with Crippen molar-refractivity contribution in [3.63, 3.8) is 0 Å². The third kappa shape index (κ3) is 9.73. The lowest BCUT2D eigenvalue weighted by atomic mass is 9.95. The number of imide groups is 2. The number of nitrogens with one attached hydrogen (secondary N) is 4. The molecule has 4 heterocycles. The highest BCUT2D eigenvalue weighted by atomic mass is 16.5. The van der Waals surface area contributed by atoms with E-state index in [9.17, 15) is 43.5 Å². The standard InChI is InChI=1S/C48H49N7O12/c1-65-47(64)48(25-30-5-2-3-6-31(30)26-48)53-44(61)40-41(58)33(15-18-50-40)28-9-11-29(12-10-28)42(59)51-32-16-20-54(21-17-32)38(57)27-67-24-23-66-22-19-49-35-8-4-7-34-39(35)46(63)55(45(34)62)36-13-14-37(56)52-43(36)60/h2-12,15,18,32,36,49,58H,13-14,16-17,19-27H2,1H3,(H,51,59)(H,53,61)(H,52,56,60). The van der Waals surface area contributed by atoms with E-state index in [0.717, 1.165) is 16.0 Å². The van der Waals surface area contributed by atoms with Crippen molar-refractivity contribution in [2.45, 2.75) is 56.1 Å². The summed E-state index contributed by atoms with van der Waals surface area (Å²) in [7, 11) is 1.26. The van der Waals surface area contributed by atoms with Crippen LogP contribution in [0.15, 0.2) is 79.0 Å². The minimum Gasteiger partial charge on any atom is -0.505 e. The molecular weight excluding hydrogens is 867 g/mol. The molecule has 2 saturated heterocycles. The topological polar surface area (TPSA) is 252 Å². The smallest absolute Gasteiger partial charge is 0.332 e. The SMILES string of the molecule is COC(=O)C1(NC(=O)c2nccc(-c3ccc(C(=O)NC4CCN(C(=O)COCCOCCNc5cccc6c5C(=O)N(C5CCC(=O)NC5=O)C6=O)CC4)cc3)c2O)Cc2ccccc2C1. The van der Waals surface area contributed by atoms with Gasteiger partial charge >= 0.3 is 5.97 Å². The summed E-state index contributed by atoms with van der Waals surface area (Å²) in [6.07, 6.45) is 3.03. The van der Waals surface area contributed by atoms with Gasteiger partial charge in [0, 0.05) is 67.9 Å². The lowest BCUT2D eigenvalue weighted by Gasteiger charge is -2.32. The first kappa shape index (κ1) is 46.0. The normalized spacial score (nSPS) is 17.7. The molecule has 67 heavy (non-hydrogen) atoms. The van der Waals surface area contributed by atoms with Crippen LogP contribution in [0.5, 0.6) is 5.75 Å². The molecule has 0 spiro atoms. The fraction of sp³-hybridized carbons (Fsp3) is 0.354. The molecule has 1 aromatic heterocycles. The molecular formula is C48H49N7O12. The Bertz CT molecular complexity index is 2600. The number of esters is 1. The number of amides is 7. The number of methoxy groups -OCH3 is 1. The molecule has 0 saturated carbocycles. The Morgan fingerprint density at radius 3 is 2.24 bits per heavy atom. The molecule has 1 atom stereocenters. The molecule has 19 heteroatoms. The number of piperidine rings is 2. The number of aromatic nitrogens is 1. The van der Waals surface area contributed by atoms with Gasteiger partial charge in [-0.2, -0.15) is 0 Å². The summed E-state index contributed by atoms with van der Waals surface area (Å²) in [4.78, 5) is 110. The number of fused-ring (bicyclic) bond motifs is 2. The quantitative estimate of drug-likeness (QED) is 0.0614. The van der Waals surface area contributed by atoms with Gasteiger partial charge in [0.25, 0.3) is 23.6 Å². The molecule has 348 valence electrons. The third-order valence-corrected chi connectivity index (χ3v) is 12.4. The van der Waals surface area contributed by atoms with Crippen LogP contribution in [0.3, 0.4) is 0 Å². The summed E-state index contributed by atoms with van der Waals surface area (Å²) < 4.78 is 16.2. The number of hydrogen-bond acceptors (Lipinski definition) is 14. The molecule has 1 aliphatic carbocycles. The van der Waals surface area contributed by atoms with Crippen LogP contribution >= 0.6 is 0 Å². The van der Waals surface area contributed by atoms with Crippen LogP contribution in [0.1, 0.15) is 78.4 Å². The van der Waals surface area contributed by atoms with Crippen LogP contribution < -0.4 is 21.3 Å². The zero-order valence-electron chi connectivity index (χ0n) is 36.6.